The summed E-state index contributed by atoms with van der Waals surface area (Å²) in [4.78, 5) is 0. The first kappa shape index (κ1) is 16.2. The molecule has 0 spiro atoms. The van der Waals surface area contributed by atoms with Crippen molar-refractivity contribution in [1.29, 1.82) is 10.5 Å². The lowest BCUT2D eigenvalue weighted by molar-refractivity contribution is 0.886. The van der Waals surface area contributed by atoms with Gasteiger partial charge in [0, 0.05) is 0 Å². The van der Waals surface area contributed by atoms with Crippen LogP contribution in [0, 0.1) is 21.3 Å². The van der Waals surface area contributed by atoms with E-state index in [0.29, 0.717) is 0 Å². The van der Waals surface area contributed by atoms with Gasteiger partial charge < -0.3 is 25.3 Å². The number of thiocyanates is 2. The number of hydrogen-bond acceptors (Lipinski definition) is 4. The molecule has 2 nitrogen and oxygen atoms in total. The molecule has 0 aliphatic carbocycles. The van der Waals surface area contributed by atoms with Gasteiger partial charge in [0.2, 0.25) is 0 Å². The maximum atomic E-state index is 7.13. The molecular weight excluding hydrogens is 164 g/mol. The Morgan fingerprint density at radius 2 is 1.10 bits per heavy atom. The zero-order valence-electron chi connectivity index (χ0n) is 6.13. The van der Waals surface area contributed by atoms with E-state index in [2.05, 4.69) is 39.1 Å². The van der Waals surface area contributed by atoms with Gasteiger partial charge in [-0.15, -0.1) is 0 Å². The van der Waals surface area contributed by atoms with Gasteiger partial charge in [0.1, 0.15) is 0 Å². The fraction of sp³-hybridized carbons (Fsp3) is 0.667. The van der Waals surface area contributed by atoms with E-state index in [1.54, 1.807) is 0 Å². The molecule has 0 aromatic heterocycles. The van der Waals surface area contributed by atoms with Crippen LogP contribution in [-0.4, -0.2) is 0 Å². The predicted octanol–water partition coefficient (Wildman–Crippen LogP) is 1.84. The van der Waals surface area contributed by atoms with Crippen LogP contribution in [-0.2, 0) is 25.3 Å². The summed E-state index contributed by atoms with van der Waals surface area (Å²) in [5.41, 5.74) is 0. The van der Waals surface area contributed by atoms with Crippen LogP contribution >= 0.6 is 0 Å². The van der Waals surface area contributed by atoms with Crippen LogP contribution in [0.5, 0.6) is 0 Å². The number of hydrogen-bond donors (Lipinski definition) is 0. The lowest BCUT2D eigenvalue weighted by atomic mass is 10.4. The largest absolute Gasteiger partial charge is 0.696 e. The van der Waals surface area contributed by atoms with Gasteiger partial charge in [-0.05, 0) is 0 Å². The van der Waals surface area contributed by atoms with Crippen molar-refractivity contribution in [3.05, 3.63) is 0 Å². The smallest absolute Gasteiger partial charge is 0.0564 e. The van der Waals surface area contributed by atoms with E-state index >= 15 is 0 Å². The second-order valence-electron chi connectivity index (χ2n) is 1.18. The minimum atomic E-state index is 1.32. The van der Waals surface area contributed by atoms with Gasteiger partial charge in [-0.2, -0.15) is 0 Å². The van der Waals surface area contributed by atoms with Crippen molar-refractivity contribution in [2.75, 3.05) is 0 Å². The molecule has 10 heavy (non-hydrogen) atoms. The topological polar surface area (TPSA) is 47.6 Å². The zero-order valence-corrected chi connectivity index (χ0v) is 7.76. The molecule has 0 saturated heterocycles. The second-order valence-corrected chi connectivity index (χ2v) is 1.55. The summed E-state index contributed by atoms with van der Waals surface area (Å²) in [5.74, 6) is 0. The highest BCUT2D eigenvalue weighted by atomic mass is 32.1. The molecule has 0 atom stereocenters. The molecule has 0 aromatic rings. The molecule has 0 fully saturated rings. The molecule has 58 valence electrons. The average Bonchev–Trinajstić information content (AvgIpc) is 1.91. The first-order valence-corrected chi connectivity index (χ1v) is 3.59. The van der Waals surface area contributed by atoms with Crippen molar-refractivity contribution in [3.63, 3.8) is 0 Å². The van der Waals surface area contributed by atoms with Gasteiger partial charge in [-0.25, -0.2) is 10.5 Å². The second kappa shape index (κ2) is 39.6. The number of rotatable bonds is 1. The molecule has 0 aromatic carbocycles. The quantitative estimate of drug-likeness (QED) is 0.449. The molecule has 0 aliphatic rings. The normalized spacial score (nSPS) is 4.40. The Morgan fingerprint density at radius 3 is 1.10 bits per heavy atom. The highest BCUT2D eigenvalue weighted by Gasteiger charge is 1.56. The molecule has 0 radical (unpaired) electrons. The van der Waals surface area contributed by atoms with Gasteiger partial charge in [-0.3, -0.25) is 0 Å². The molecule has 0 aliphatic heterocycles. The van der Waals surface area contributed by atoms with Crippen molar-refractivity contribution in [2.24, 2.45) is 0 Å². The van der Waals surface area contributed by atoms with Crippen LogP contribution in [0.4, 0.5) is 0 Å². The van der Waals surface area contributed by atoms with Gasteiger partial charge in [0.25, 0.3) is 0 Å². The van der Waals surface area contributed by atoms with Gasteiger partial charge in [0.05, 0.1) is 0 Å². The maximum Gasteiger partial charge on any atom is -0.0564 e. The molecule has 4 heteroatoms. The van der Waals surface area contributed by atoms with Crippen LogP contribution in [0.25, 0.3) is 0 Å². The summed E-state index contributed by atoms with van der Waals surface area (Å²) in [6, 6.07) is 0. The van der Waals surface area contributed by atoms with E-state index in [1.165, 1.54) is 23.6 Å². The van der Waals surface area contributed by atoms with E-state index < -0.39 is 0 Å². The molecule has 0 N–H and O–H groups in total. The van der Waals surface area contributed by atoms with Gasteiger partial charge in [0.15, 0.2) is 0 Å². The standard InChI is InChI=1S/C4H10.2CHNS/c1-3-4-2;2*2-1-3/h3-4H2,1-2H3;2*3H/p-2. The number of unbranched alkanes of at least 4 members (excludes halogenated alkanes) is 1. The molecule has 0 unspecified atom stereocenters. The first-order valence-electron chi connectivity index (χ1n) is 2.77. The third-order valence-electron chi connectivity index (χ3n) is 0.500. The molecule has 0 rings (SSSR count). The van der Waals surface area contributed by atoms with Crippen molar-refractivity contribution in [3.8, 4) is 10.8 Å². The Hall–Kier alpha value is -0.580. The molecule has 0 bridgehead atoms. The minimum Gasteiger partial charge on any atom is -0.696 e. The fourth-order valence-electron chi connectivity index (χ4n) is 0. The summed E-state index contributed by atoms with van der Waals surface area (Å²) in [6.07, 6.45) is 2.64. The molecule has 0 amide bonds. The van der Waals surface area contributed by atoms with E-state index in [1.807, 2.05) is 0 Å². The third kappa shape index (κ3) is 1730. The van der Waals surface area contributed by atoms with Crippen molar-refractivity contribution in [1.82, 2.24) is 0 Å². The monoisotopic (exact) mass is 174 g/mol. The Bertz CT molecular complexity index is 87.3. The number of nitriles is 2. The van der Waals surface area contributed by atoms with Crippen LogP contribution in [0.2, 0.25) is 0 Å². The predicted molar refractivity (Wildman–Crippen MR) is 46.5 cm³/mol. The van der Waals surface area contributed by atoms with E-state index in [0.717, 1.165) is 0 Å². The summed E-state index contributed by atoms with van der Waals surface area (Å²) < 4.78 is 0. The average molecular weight is 174 g/mol. The summed E-state index contributed by atoms with van der Waals surface area (Å²) in [6.45, 7) is 4.36. The van der Waals surface area contributed by atoms with E-state index in [9.17, 15) is 0 Å². The van der Waals surface area contributed by atoms with Crippen molar-refractivity contribution >= 4 is 25.3 Å². The van der Waals surface area contributed by atoms with Crippen molar-refractivity contribution < 1.29 is 0 Å². The summed E-state index contributed by atoms with van der Waals surface area (Å²) >= 11 is 7.40. The zero-order chi connectivity index (χ0) is 8.83. The highest BCUT2D eigenvalue weighted by Crippen LogP contribution is 1.76. The van der Waals surface area contributed by atoms with Gasteiger partial charge in [-0.1, -0.05) is 37.5 Å². The lowest BCUT2D eigenvalue weighted by Crippen LogP contribution is -1.47. The van der Waals surface area contributed by atoms with Crippen LogP contribution in [0.3, 0.4) is 0 Å². The first-order chi connectivity index (χ1) is 4.74. The third-order valence-corrected chi connectivity index (χ3v) is 0.500. The maximum absolute atomic E-state index is 7.13. The fourth-order valence-corrected chi connectivity index (χ4v) is 0. The minimum absolute atomic E-state index is 1.32. The summed E-state index contributed by atoms with van der Waals surface area (Å²) in [7, 11) is 0. The van der Waals surface area contributed by atoms with Gasteiger partial charge >= 0.3 is 0 Å². The number of nitrogens with zero attached hydrogens (tertiary/aromatic N) is 2. The Morgan fingerprint density at radius 1 is 1.00 bits per heavy atom. The molecule has 0 heterocycles. The Kier molecular flexibility index (Phi) is 64.2. The Labute approximate surface area is 73.7 Å². The molecule has 0 saturated carbocycles. The van der Waals surface area contributed by atoms with E-state index in [4.69, 9.17) is 10.5 Å². The Balaban J connectivity index is -0.0000000750. The highest BCUT2D eigenvalue weighted by molar-refractivity contribution is 7.64. The van der Waals surface area contributed by atoms with Crippen molar-refractivity contribution in [2.45, 2.75) is 26.7 Å². The summed E-state index contributed by atoms with van der Waals surface area (Å²) in [5, 5.41) is 16.9. The molecular formula is C6H10N2S2-2. The van der Waals surface area contributed by atoms with Crippen LogP contribution in [0.1, 0.15) is 26.7 Å². The van der Waals surface area contributed by atoms with Crippen LogP contribution < -0.4 is 0 Å². The lowest BCUT2D eigenvalue weighted by Gasteiger charge is -1.68. The van der Waals surface area contributed by atoms with Crippen LogP contribution in [0.15, 0.2) is 0 Å². The van der Waals surface area contributed by atoms with E-state index in [-0.39, 0.29) is 0 Å². The SMILES string of the molecule is CCCC.N#C[S-].N#C[S-].